The van der Waals surface area contributed by atoms with Gasteiger partial charge in [0.25, 0.3) is 0 Å². The number of hydrogen-bond acceptors (Lipinski definition) is 4. The van der Waals surface area contributed by atoms with Crippen molar-refractivity contribution in [3.05, 3.63) is 54.1 Å². The van der Waals surface area contributed by atoms with Gasteiger partial charge in [0.1, 0.15) is 19.0 Å². The third-order valence-electron chi connectivity index (χ3n) is 4.18. The number of benzene rings is 2. The Balaban J connectivity index is 1.50. The Labute approximate surface area is 173 Å². The Kier molecular flexibility index (Phi) is 7.79. The lowest BCUT2D eigenvalue weighted by atomic mass is 10.2. The van der Waals surface area contributed by atoms with Crippen molar-refractivity contribution in [2.45, 2.75) is 19.3 Å². The van der Waals surface area contributed by atoms with Crippen molar-refractivity contribution in [2.75, 3.05) is 30.5 Å². The molecule has 0 atom stereocenters. The monoisotopic (exact) mass is 445 g/mol. The zero-order valence-corrected chi connectivity index (χ0v) is 17.2. The first-order chi connectivity index (χ1) is 13.8. The third kappa shape index (κ3) is 6.02. The number of ether oxygens (including phenoxy) is 3. The van der Waals surface area contributed by atoms with Crippen molar-refractivity contribution < 1.29 is 19.0 Å². The smallest absolute Gasteiger partial charge is 0.248 e. The number of amides is 1. The van der Waals surface area contributed by atoms with E-state index in [4.69, 9.17) is 14.2 Å². The lowest BCUT2D eigenvalue weighted by Crippen LogP contribution is -2.17. The maximum absolute atomic E-state index is 12.2. The van der Waals surface area contributed by atoms with E-state index in [2.05, 4.69) is 21.2 Å². The molecular formula is C22H24BrNO4. The predicted octanol–water partition coefficient (Wildman–Crippen LogP) is 5.05. The summed E-state index contributed by atoms with van der Waals surface area (Å²) in [6.07, 6.45) is 6.63. The van der Waals surface area contributed by atoms with Gasteiger partial charge < -0.3 is 19.5 Å². The minimum absolute atomic E-state index is 0.227. The molecule has 2 aromatic rings. The first-order valence-electron chi connectivity index (χ1n) is 9.43. The van der Waals surface area contributed by atoms with E-state index < -0.39 is 0 Å². The SMILES string of the molecule is O=C(C=Cc1ccc(OCCCCCBr)cc1)Nc1cccc2c1OCCO2. The van der Waals surface area contributed by atoms with Gasteiger partial charge >= 0.3 is 0 Å². The van der Waals surface area contributed by atoms with Crippen LogP contribution in [-0.2, 0) is 4.79 Å². The number of carbonyl (C=O) groups excluding carboxylic acids is 1. The minimum atomic E-state index is -0.227. The summed E-state index contributed by atoms with van der Waals surface area (Å²) >= 11 is 3.43. The average molecular weight is 446 g/mol. The second kappa shape index (κ2) is 10.8. The van der Waals surface area contributed by atoms with Gasteiger partial charge in [-0.15, -0.1) is 0 Å². The molecule has 3 rings (SSSR count). The summed E-state index contributed by atoms with van der Waals surface area (Å²) in [4.78, 5) is 12.2. The Hall–Kier alpha value is -2.47. The summed E-state index contributed by atoms with van der Waals surface area (Å²) in [6.45, 7) is 1.71. The quantitative estimate of drug-likeness (QED) is 0.333. The molecule has 148 valence electrons. The molecule has 0 radical (unpaired) electrons. The molecule has 0 saturated heterocycles. The molecule has 1 aliphatic rings. The van der Waals surface area contributed by atoms with E-state index in [9.17, 15) is 4.79 Å². The number of para-hydroxylation sites is 1. The standard InChI is InChI=1S/C22H24BrNO4/c23-13-2-1-3-14-26-18-10-7-17(8-11-18)9-12-21(25)24-19-5-4-6-20-22(19)28-16-15-27-20/h4-12H,1-3,13-16H2,(H,24,25). The molecule has 0 aromatic heterocycles. The molecule has 0 saturated carbocycles. The Morgan fingerprint density at radius 1 is 1.07 bits per heavy atom. The second-order valence-electron chi connectivity index (χ2n) is 6.32. The van der Waals surface area contributed by atoms with E-state index in [0.717, 1.165) is 36.1 Å². The maximum Gasteiger partial charge on any atom is 0.248 e. The molecule has 0 unspecified atom stereocenters. The second-order valence-corrected chi connectivity index (χ2v) is 7.11. The van der Waals surface area contributed by atoms with Gasteiger partial charge in [0.2, 0.25) is 5.91 Å². The van der Waals surface area contributed by atoms with Gasteiger partial charge in [0.05, 0.1) is 12.3 Å². The Morgan fingerprint density at radius 3 is 2.71 bits per heavy atom. The van der Waals surface area contributed by atoms with Gasteiger partial charge in [0.15, 0.2) is 11.5 Å². The fraction of sp³-hybridized carbons (Fsp3) is 0.318. The maximum atomic E-state index is 12.2. The molecule has 6 heteroatoms. The van der Waals surface area contributed by atoms with Crippen LogP contribution in [0.4, 0.5) is 5.69 Å². The van der Waals surface area contributed by atoms with Gasteiger partial charge in [-0.3, -0.25) is 4.79 Å². The highest BCUT2D eigenvalue weighted by atomic mass is 79.9. The molecule has 0 fully saturated rings. The highest BCUT2D eigenvalue weighted by Gasteiger charge is 2.16. The first-order valence-corrected chi connectivity index (χ1v) is 10.5. The van der Waals surface area contributed by atoms with Crippen LogP contribution in [0.3, 0.4) is 0 Å². The van der Waals surface area contributed by atoms with Crippen molar-refractivity contribution in [1.29, 1.82) is 0 Å². The van der Waals surface area contributed by atoms with Crippen LogP contribution < -0.4 is 19.5 Å². The van der Waals surface area contributed by atoms with Crippen LogP contribution in [0.2, 0.25) is 0 Å². The summed E-state index contributed by atoms with van der Waals surface area (Å²) < 4.78 is 16.9. The first kappa shape index (κ1) is 20.3. The van der Waals surface area contributed by atoms with E-state index in [0.29, 0.717) is 30.4 Å². The van der Waals surface area contributed by atoms with E-state index in [1.807, 2.05) is 36.4 Å². The summed E-state index contributed by atoms with van der Waals surface area (Å²) in [7, 11) is 0. The number of nitrogens with one attached hydrogen (secondary N) is 1. The fourth-order valence-electron chi connectivity index (χ4n) is 2.76. The van der Waals surface area contributed by atoms with Crippen molar-refractivity contribution >= 4 is 33.6 Å². The lowest BCUT2D eigenvalue weighted by molar-refractivity contribution is -0.111. The highest BCUT2D eigenvalue weighted by Crippen LogP contribution is 2.37. The average Bonchev–Trinajstić information content (AvgIpc) is 2.73. The van der Waals surface area contributed by atoms with Crippen LogP contribution in [0.1, 0.15) is 24.8 Å². The minimum Gasteiger partial charge on any atom is -0.494 e. The molecule has 1 amide bonds. The van der Waals surface area contributed by atoms with Crippen LogP contribution in [-0.4, -0.2) is 31.1 Å². The Bertz CT molecular complexity index is 805. The normalized spacial score (nSPS) is 12.8. The summed E-state index contributed by atoms with van der Waals surface area (Å²) in [5.74, 6) is 1.84. The van der Waals surface area contributed by atoms with Crippen LogP contribution in [0, 0.1) is 0 Å². The predicted molar refractivity (Wildman–Crippen MR) is 115 cm³/mol. The Morgan fingerprint density at radius 2 is 1.89 bits per heavy atom. The molecule has 2 aromatic carbocycles. The summed E-state index contributed by atoms with van der Waals surface area (Å²) in [6, 6.07) is 13.1. The topological polar surface area (TPSA) is 56.8 Å². The van der Waals surface area contributed by atoms with Crippen LogP contribution >= 0.6 is 15.9 Å². The molecule has 1 aliphatic heterocycles. The zero-order valence-electron chi connectivity index (χ0n) is 15.7. The van der Waals surface area contributed by atoms with Crippen LogP contribution in [0.5, 0.6) is 17.2 Å². The van der Waals surface area contributed by atoms with Gasteiger partial charge in [-0.1, -0.05) is 34.1 Å². The van der Waals surface area contributed by atoms with E-state index in [1.165, 1.54) is 12.5 Å². The summed E-state index contributed by atoms with van der Waals surface area (Å²) in [5.41, 5.74) is 1.53. The molecule has 0 bridgehead atoms. The third-order valence-corrected chi connectivity index (χ3v) is 4.74. The number of unbranched alkanes of at least 4 members (excludes halogenated alkanes) is 2. The molecule has 5 nitrogen and oxygen atoms in total. The molecule has 1 N–H and O–H groups in total. The number of alkyl halides is 1. The molecule has 1 heterocycles. The molecular weight excluding hydrogens is 422 g/mol. The number of rotatable bonds is 9. The number of carbonyl (C=O) groups is 1. The van der Waals surface area contributed by atoms with E-state index in [-0.39, 0.29) is 5.91 Å². The van der Waals surface area contributed by atoms with Crippen LogP contribution in [0.25, 0.3) is 6.08 Å². The van der Waals surface area contributed by atoms with E-state index in [1.54, 1.807) is 12.1 Å². The number of anilines is 1. The fourth-order valence-corrected chi connectivity index (χ4v) is 3.15. The number of fused-ring (bicyclic) bond motifs is 1. The van der Waals surface area contributed by atoms with Crippen molar-refractivity contribution in [3.63, 3.8) is 0 Å². The molecule has 0 aliphatic carbocycles. The van der Waals surface area contributed by atoms with Gasteiger partial charge in [-0.05, 0) is 55.2 Å². The van der Waals surface area contributed by atoms with Crippen molar-refractivity contribution in [2.24, 2.45) is 0 Å². The highest BCUT2D eigenvalue weighted by molar-refractivity contribution is 9.09. The van der Waals surface area contributed by atoms with Gasteiger partial charge in [-0.2, -0.15) is 0 Å². The number of hydrogen-bond donors (Lipinski definition) is 1. The van der Waals surface area contributed by atoms with Crippen molar-refractivity contribution in [3.8, 4) is 17.2 Å². The van der Waals surface area contributed by atoms with Crippen molar-refractivity contribution in [1.82, 2.24) is 0 Å². The van der Waals surface area contributed by atoms with Gasteiger partial charge in [-0.25, -0.2) is 0 Å². The van der Waals surface area contributed by atoms with Crippen LogP contribution in [0.15, 0.2) is 48.5 Å². The lowest BCUT2D eigenvalue weighted by Gasteiger charge is -2.20. The zero-order chi connectivity index (χ0) is 19.6. The molecule has 28 heavy (non-hydrogen) atoms. The largest absolute Gasteiger partial charge is 0.494 e. The number of halogens is 1. The van der Waals surface area contributed by atoms with Gasteiger partial charge in [0, 0.05) is 11.4 Å². The summed E-state index contributed by atoms with van der Waals surface area (Å²) in [5, 5.41) is 3.87. The molecule has 0 spiro atoms. The van der Waals surface area contributed by atoms with E-state index >= 15 is 0 Å².